The van der Waals surface area contributed by atoms with Gasteiger partial charge < -0.3 is 5.32 Å². The SMILES string of the molecule is Fc1cncc(Nc2nc(-c3cccnc3)nc3ccc(-c4cccc(F)c4)cc23)c1. The van der Waals surface area contributed by atoms with Crippen LogP contribution in [0.5, 0.6) is 0 Å². The maximum absolute atomic E-state index is 13.7. The average Bonchev–Trinajstić information content (AvgIpc) is 2.79. The standard InChI is InChI=1S/C24H15F2N5/c25-18-5-1-3-15(9-18)16-6-7-22-21(10-16)24(29-20-11-19(26)13-28-14-20)31-23(30-22)17-4-2-8-27-12-17/h1-14H,(H,29,30,31). The van der Waals surface area contributed by atoms with Gasteiger partial charge in [-0.1, -0.05) is 18.2 Å². The van der Waals surface area contributed by atoms with Crippen molar-refractivity contribution in [2.24, 2.45) is 0 Å². The van der Waals surface area contributed by atoms with E-state index in [1.54, 1.807) is 24.5 Å². The second-order valence-electron chi connectivity index (χ2n) is 6.90. The van der Waals surface area contributed by atoms with Gasteiger partial charge in [0.05, 0.1) is 23.6 Å². The Morgan fingerprint density at radius 3 is 2.35 bits per heavy atom. The van der Waals surface area contributed by atoms with Crippen molar-refractivity contribution in [2.75, 3.05) is 5.32 Å². The van der Waals surface area contributed by atoms with Crippen molar-refractivity contribution in [2.45, 2.75) is 0 Å². The summed E-state index contributed by atoms with van der Waals surface area (Å²) in [6, 6.07) is 17.0. The van der Waals surface area contributed by atoms with Crippen LogP contribution in [0, 0.1) is 11.6 Å². The Hall–Kier alpha value is -4.26. The van der Waals surface area contributed by atoms with E-state index in [1.165, 1.54) is 24.4 Å². The molecule has 31 heavy (non-hydrogen) atoms. The molecule has 0 bridgehead atoms. The summed E-state index contributed by atoms with van der Waals surface area (Å²) in [5.41, 5.74) is 3.43. The van der Waals surface area contributed by atoms with Crippen LogP contribution in [-0.4, -0.2) is 19.9 Å². The first-order valence-corrected chi connectivity index (χ1v) is 9.51. The van der Waals surface area contributed by atoms with Crippen LogP contribution < -0.4 is 5.32 Å². The fraction of sp³-hybridized carbons (Fsp3) is 0. The van der Waals surface area contributed by atoms with Gasteiger partial charge in [0.25, 0.3) is 0 Å². The van der Waals surface area contributed by atoms with Crippen LogP contribution in [0.1, 0.15) is 0 Å². The molecular weight excluding hydrogens is 396 g/mol. The van der Waals surface area contributed by atoms with E-state index in [2.05, 4.69) is 25.3 Å². The van der Waals surface area contributed by atoms with E-state index in [-0.39, 0.29) is 5.82 Å². The third-order valence-corrected chi connectivity index (χ3v) is 4.74. The molecule has 0 spiro atoms. The average molecular weight is 411 g/mol. The van der Waals surface area contributed by atoms with Crippen LogP contribution in [0.2, 0.25) is 0 Å². The zero-order valence-corrected chi connectivity index (χ0v) is 16.1. The number of benzene rings is 2. The zero-order chi connectivity index (χ0) is 21.2. The number of aromatic nitrogens is 4. The van der Waals surface area contributed by atoms with Gasteiger partial charge in [-0.2, -0.15) is 0 Å². The van der Waals surface area contributed by atoms with Crippen molar-refractivity contribution in [1.29, 1.82) is 0 Å². The molecule has 0 unspecified atom stereocenters. The van der Waals surface area contributed by atoms with Crippen LogP contribution in [-0.2, 0) is 0 Å². The highest BCUT2D eigenvalue weighted by Crippen LogP contribution is 2.31. The lowest BCUT2D eigenvalue weighted by atomic mass is 10.0. The molecule has 0 fully saturated rings. The smallest absolute Gasteiger partial charge is 0.163 e. The Morgan fingerprint density at radius 1 is 0.677 bits per heavy atom. The molecule has 150 valence electrons. The minimum atomic E-state index is -0.462. The summed E-state index contributed by atoms with van der Waals surface area (Å²) in [4.78, 5) is 17.3. The third-order valence-electron chi connectivity index (χ3n) is 4.74. The predicted molar refractivity (Wildman–Crippen MR) is 116 cm³/mol. The summed E-state index contributed by atoms with van der Waals surface area (Å²) < 4.78 is 27.4. The van der Waals surface area contributed by atoms with Crippen molar-refractivity contribution >= 4 is 22.4 Å². The molecule has 0 saturated carbocycles. The summed E-state index contributed by atoms with van der Waals surface area (Å²) >= 11 is 0. The zero-order valence-electron chi connectivity index (χ0n) is 16.1. The Balaban J connectivity index is 1.69. The molecule has 0 atom stereocenters. The second kappa shape index (κ2) is 7.87. The summed E-state index contributed by atoms with van der Waals surface area (Å²) in [7, 11) is 0. The monoisotopic (exact) mass is 411 g/mol. The summed E-state index contributed by atoms with van der Waals surface area (Å²) in [5, 5.41) is 3.85. The fourth-order valence-corrected chi connectivity index (χ4v) is 3.31. The molecule has 5 aromatic rings. The molecule has 0 aliphatic rings. The van der Waals surface area contributed by atoms with E-state index in [0.717, 1.165) is 22.9 Å². The van der Waals surface area contributed by atoms with E-state index in [0.29, 0.717) is 28.2 Å². The molecule has 0 amide bonds. The Morgan fingerprint density at radius 2 is 1.55 bits per heavy atom. The van der Waals surface area contributed by atoms with Crippen LogP contribution in [0.4, 0.5) is 20.3 Å². The van der Waals surface area contributed by atoms with Gasteiger partial charge >= 0.3 is 0 Å². The largest absolute Gasteiger partial charge is 0.338 e. The fourth-order valence-electron chi connectivity index (χ4n) is 3.31. The number of anilines is 2. The second-order valence-corrected chi connectivity index (χ2v) is 6.90. The van der Waals surface area contributed by atoms with Gasteiger partial charge in [0.15, 0.2) is 5.82 Å². The van der Waals surface area contributed by atoms with Crippen molar-refractivity contribution in [3.63, 3.8) is 0 Å². The van der Waals surface area contributed by atoms with E-state index in [1.807, 2.05) is 30.3 Å². The van der Waals surface area contributed by atoms with E-state index < -0.39 is 5.82 Å². The van der Waals surface area contributed by atoms with Gasteiger partial charge in [0, 0.05) is 29.4 Å². The van der Waals surface area contributed by atoms with Crippen molar-refractivity contribution < 1.29 is 8.78 Å². The number of hydrogen-bond donors (Lipinski definition) is 1. The van der Waals surface area contributed by atoms with Crippen molar-refractivity contribution in [3.8, 4) is 22.5 Å². The number of pyridine rings is 2. The maximum atomic E-state index is 13.7. The summed E-state index contributed by atoms with van der Waals surface area (Å²) in [6.07, 6.45) is 5.99. The number of halogens is 2. The van der Waals surface area contributed by atoms with Gasteiger partial charge in [0.1, 0.15) is 17.5 Å². The molecule has 0 aliphatic carbocycles. The Labute approximate surface area is 176 Å². The molecular formula is C24H15F2N5. The first-order chi connectivity index (χ1) is 15.2. The van der Waals surface area contributed by atoms with Gasteiger partial charge in [-0.05, 0) is 47.5 Å². The third kappa shape index (κ3) is 3.93. The number of hydrogen-bond acceptors (Lipinski definition) is 5. The molecule has 5 nitrogen and oxygen atoms in total. The van der Waals surface area contributed by atoms with Gasteiger partial charge in [0.2, 0.25) is 0 Å². The molecule has 0 radical (unpaired) electrons. The normalized spacial score (nSPS) is 10.9. The molecule has 7 heteroatoms. The van der Waals surface area contributed by atoms with Crippen LogP contribution in [0.3, 0.4) is 0 Å². The first-order valence-electron chi connectivity index (χ1n) is 9.51. The maximum Gasteiger partial charge on any atom is 0.163 e. The summed E-state index contributed by atoms with van der Waals surface area (Å²) in [6.45, 7) is 0. The molecule has 2 aromatic carbocycles. The highest BCUT2D eigenvalue weighted by Gasteiger charge is 2.12. The Kier molecular flexibility index (Phi) is 4.76. The van der Waals surface area contributed by atoms with Crippen LogP contribution >= 0.6 is 0 Å². The number of fused-ring (bicyclic) bond motifs is 1. The molecule has 3 aromatic heterocycles. The van der Waals surface area contributed by atoms with E-state index >= 15 is 0 Å². The van der Waals surface area contributed by atoms with Crippen LogP contribution in [0.25, 0.3) is 33.4 Å². The van der Waals surface area contributed by atoms with E-state index in [4.69, 9.17) is 0 Å². The first kappa shape index (κ1) is 18.7. The quantitative estimate of drug-likeness (QED) is 0.406. The number of rotatable bonds is 4. The number of nitrogens with zero attached hydrogens (tertiary/aromatic N) is 4. The topological polar surface area (TPSA) is 63.6 Å². The lowest BCUT2D eigenvalue weighted by molar-refractivity contribution is 0.622. The highest BCUT2D eigenvalue weighted by molar-refractivity contribution is 5.95. The van der Waals surface area contributed by atoms with Gasteiger partial charge in [-0.3, -0.25) is 9.97 Å². The van der Waals surface area contributed by atoms with Crippen LogP contribution in [0.15, 0.2) is 85.5 Å². The minimum absolute atomic E-state index is 0.315. The molecule has 5 rings (SSSR count). The van der Waals surface area contributed by atoms with Crippen molar-refractivity contribution in [1.82, 2.24) is 19.9 Å². The molecule has 0 saturated heterocycles. The highest BCUT2D eigenvalue weighted by atomic mass is 19.1. The van der Waals surface area contributed by atoms with Gasteiger partial charge in [-0.25, -0.2) is 18.7 Å². The predicted octanol–water partition coefficient (Wildman–Crippen LogP) is 5.78. The van der Waals surface area contributed by atoms with E-state index in [9.17, 15) is 8.78 Å². The lowest BCUT2D eigenvalue weighted by Crippen LogP contribution is -2.00. The molecule has 0 aliphatic heterocycles. The minimum Gasteiger partial charge on any atom is -0.338 e. The van der Waals surface area contributed by atoms with Gasteiger partial charge in [-0.15, -0.1) is 0 Å². The summed E-state index contributed by atoms with van der Waals surface area (Å²) in [5.74, 6) is 0.182. The number of nitrogens with one attached hydrogen (secondary N) is 1. The van der Waals surface area contributed by atoms with Crippen molar-refractivity contribution in [3.05, 3.63) is 97.1 Å². The molecule has 3 heterocycles. The lowest BCUT2D eigenvalue weighted by Gasteiger charge is -2.12. The molecule has 1 N–H and O–H groups in total. The Bertz CT molecular complexity index is 1390.